The van der Waals surface area contributed by atoms with E-state index in [1.54, 1.807) is 24.4 Å². The van der Waals surface area contributed by atoms with Crippen LogP contribution in [0.5, 0.6) is 0 Å². The predicted octanol–water partition coefficient (Wildman–Crippen LogP) is 4.13. The summed E-state index contributed by atoms with van der Waals surface area (Å²) in [7, 11) is 0. The van der Waals surface area contributed by atoms with Crippen molar-refractivity contribution >= 4 is 46.4 Å². The zero-order valence-electron chi connectivity index (χ0n) is 13.4. The van der Waals surface area contributed by atoms with Crippen LogP contribution in [0.4, 0.5) is 5.69 Å². The van der Waals surface area contributed by atoms with Gasteiger partial charge in [-0.15, -0.1) is 22.7 Å². The van der Waals surface area contributed by atoms with Gasteiger partial charge in [-0.1, -0.05) is 24.3 Å². The van der Waals surface area contributed by atoms with E-state index in [4.69, 9.17) is 0 Å². The van der Waals surface area contributed by atoms with Gasteiger partial charge in [-0.2, -0.15) is 5.10 Å². The number of hydrogen-bond donors (Lipinski definition) is 2. The van der Waals surface area contributed by atoms with E-state index >= 15 is 0 Å². The van der Waals surface area contributed by atoms with Crippen LogP contribution in [-0.2, 0) is 0 Å². The Morgan fingerprint density at radius 1 is 1.00 bits per heavy atom. The first kappa shape index (κ1) is 17.1. The van der Waals surface area contributed by atoms with E-state index < -0.39 is 0 Å². The molecule has 0 radical (unpaired) electrons. The van der Waals surface area contributed by atoms with Gasteiger partial charge in [-0.25, -0.2) is 5.43 Å². The van der Waals surface area contributed by atoms with Crippen LogP contribution in [0.15, 0.2) is 58.3 Å². The Hall–Kier alpha value is -2.77. The lowest BCUT2D eigenvalue weighted by atomic mass is 10.1. The average Bonchev–Trinajstić information content (AvgIpc) is 3.29. The standard InChI is InChI=1S/C18H15N3O2S2/c1-12-5-2-7-14(16(12)20-18(23)15-8-4-10-25-15)17(22)21-19-11-13-6-3-9-24-13/h2-11H,1H3,(H,20,23)(H,21,22)/b19-11+. The Morgan fingerprint density at radius 3 is 2.52 bits per heavy atom. The van der Waals surface area contributed by atoms with Crippen molar-refractivity contribution in [2.45, 2.75) is 6.92 Å². The van der Waals surface area contributed by atoms with Crippen LogP contribution in [0.1, 0.15) is 30.5 Å². The lowest BCUT2D eigenvalue weighted by molar-refractivity contribution is 0.0956. The number of thiophene rings is 2. The van der Waals surface area contributed by atoms with Crippen molar-refractivity contribution < 1.29 is 9.59 Å². The quantitative estimate of drug-likeness (QED) is 0.524. The molecule has 3 aromatic rings. The van der Waals surface area contributed by atoms with Gasteiger partial charge in [0, 0.05) is 4.88 Å². The van der Waals surface area contributed by atoms with Gasteiger partial charge in [-0.05, 0) is 41.4 Å². The molecule has 126 valence electrons. The number of rotatable bonds is 5. The first-order chi connectivity index (χ1) is 12.1. The number of benzene rings is 1. The number of amides is 2. The summed E-state index contributed by atoms with van der Waals surface area (Å²) >= 11 is 2.87. The monoisotopic (exact) mass is 369 g/mol. The molecule has 0 aliphatic rings. The average molecular weight is 369 g/mol. The molecule has 7 heteroatoms. The Bertz CT molecular complexity index is 901. The lowest BCUT2D eigenvalue weighted by Crippen LogP contribution is -2.21. The van der Waals surface area contributed by atoms with Gasteiger partial charge < -0.3 is 5.32 Å². The second-order valence-electron chi connectivity index (χ2n) is 5.14. The molecule has 5 nitrogen and oxygen atoms in total. The highest BCUT2D eigenvalue weighted by atomic mass is 32.1. The van der Waals surface area contributed by atoms with Crippen molar-refractivity contribution in [3.8, 4) is 0 Å². The molecular weight excluding hydrogens is 354 g/mol. The van der Waals surface area contributed by atoms with Crippen LogP contribution in [-0.4, -0.2) is 18.0 Å². The Kier molecular flexibility index (Phi) is 5.37. The van der Waals surface area contributed by atoms with Crippen LogP contribution >= 0.6 is 22.7 Å². The topological polar surface area (TPSA) is 70.6 Å². The highest BCUT2D eigenvalue weighted by Gasteiger charge is 2.16. The first-order valence-electron chi connectivity index (χ1n) is 7.46. The Morgan fingerprint density at radius 2 is 1.80 bits per heavy atom. The molecule has 0 aliphatic heterocycles. The molecule has 0 aliphatic carbocycles. The third-order valence-corrected chi connectivity index (χ3v) is 5.08. The van der Waals surface area contributed by atoms with Gasteiger partial charge in [-0.3, -0.25) is 9.59 Å². The number of nitrogens with one attached hydrogen (secondary N) is 2. The number of nitrogens with zero attached hydrogens (tertiary/aromatic N) is 1. The molecule has 0 atom stereocenters. The number of para-hydroxylation sites is 1. The Balaban J connectivity index is 1.77. The first-order valence-corrected chi connectivity index (χ1v) is 9.22. The van der Waals surface area contributed by atoms with E-state index in [2.05, 4.69) is 15.8 Å². The molecule has 0 fully saturated rings. The number of hydrazone groups is 1. The van der Waals surface area contributed by atoms with Crippen molar-refractivity contribution in [2.24, 2.45) is 5.10 Å². The highest BCUT2D eigenvalue weighted by molar-refractivity contribution is 7.12. The number of carbonyl (C=O) groups is 2. The third kappa shape index (κ3) is 4.20. The highest BCUT2D eigenvalue weighted by Crippen LogP contribution is 2.22. The van der Waals surface area contributed by atoms with E-state index in [1.807, 2.05) is 41.9 Å². The molecule has 1 aromatic carbocycles. The van der Waals surface area contributed by atoms with Crippen LogP contribution in [0.3, 0.4) is 0 Å². The maximum Gasteiger partial charge on any atom is 0.273 e. The third-order valence-electron chi connectivity index (χ3n) is 3.40. The van der Waals surface area contributed by atoms with Gasteiger partial charge >= 0.3 is 0 Å². The fourth-order valence-electron chi connectivity index (χ4n) is 2.19. The second-order valence-corrected chi connectivity index (χ2v) is 7.07. The molecule has 2 N–H and O–H groups in total. The number of anilines is 1. The minimum Gasteiger partial charge on any atom is -0.320 e. The fraction of sp³-hybridized carbons (Fsp3) is 0.0556. The zero-order chi connectivity index (χ0) is 17.6. The van der Waals surface area contributed by atoms with E-state index in [1.165, 1.54) is 22.7 Å². The van der Waals surface area contributed by atoms with Gasteiger partial charge in [0.05, 0.1) is 22.3 Å². The van der Waals surface area contributed by atoms with Crippen LogP contribution < -0.4 is 10.7 Å². The SMILES string of the molecule is Cc1cccc(C(=O)N/N=C/c2cccs2)c1NC(=O)c1cccs1. The summed E-state index contributed by atoms with van der Waals surface area (Å²) in [6, 6.07) is 12.6. The van der Waals surface area contributed by atoms with E-state index in [-0.39, 0.29) is 11.8 Å². The van der Waals surface area contributed by atoms with Crippen molar-refractivity contribution in [3.05, 3.63) is 74.1 Å². The zero-order valence-corrected chi connectivity index (χ0v) is 15.0. The summed E-state index contributed by atoms with van der Waals surface area (Å²) in [4.78, 5) is 26.3. The molecule has 0 unspecified atom stereocenters. The Labute approximate surface area is 153 Å². The molecule has 0 saturated carbocycles. The van der Waals surface area contributed by atoms with Crippen molar-refractivity contribution in [1.29, 1.82) is 0 Å². The predicted molar refractivity (Wildman–Crippen MR) is 103 cm³/mol. The molecule has 2 amide bonds. The number of hydrogen-bond acceptors (Lipinski definition) is 5. The van der Waals surface area contributed by atoms with Gasteiger partial charge in [0.1, 0.15) is 0 Å². The molecule has 2 aromatic heterocycles. The van der Waals surface area contributed by atoms with Crippen molar-refractivity contribution in [1.82, 2.24) is 5.43 Å². The normalized spacial score (nSPS) is 10.8. The van der Waals surface area contributed by atoms with Crippen LogP contribution in [0, 0.1) is 6.92 Å². The summed E-state index contributed by atoms with van der Waals surface area (Å²) in [6.45, 7) is 1.84. The minimum absolute atomic E-state index is 0.236. The fourth-order valence-corrected chi connectivity index (χ4v) is 3.39. The molecule has 3 rings (SSSR count). The molecule has 2 heterocycles. The van der Waals surface area contributed by atoms with Crippen LogP contribution in [0.25, 0.3) is 0 Å². The van der Waals surface area contributed by atoms with E-state index in [9.17, 15) is 9.59 Å². The smallest absolute Gasteiger partial charge is 0.273 e. The molecule has 0 bridgehead atoms. The van der Waals surface area contributed by atoms with Gasteiger partial charge in [0.15, 0.2) is 0 Å². The summed E-state index contributed by atoms with van der Waals surface area (Å²) in [5.74, 6) is -0.613. The molecular formula is C18H15N3O2S2. The lowest BCUT2D eigenvalue weighted by Gasteiger charge is -2.12. The maximum atomic E-state index is 12.4. The second kappa shape index (κ2) is 7.87. The number of aryl methyl sites for hydroxylation is 1. The van der Waals surface area contributed by atoms with Crippen molar-refractivity contribution in [2.75, 3.05) is 5.32 Å². The van der Waals surface area contributed by atoms with Crippen LogP contribution in [0.2, 0.25) is 0 Å². The summed E-state index contributed by atoms with van der Waals surface area (Å²) in [6.07, 6.45) is 1.59. The minimum atomic E-state index is -0.377. The van der Waals surface area contributed by atoms with E-state index in [0.29, 0.717) is 16.1 Å². The van der Waals surface area contributed by atoms with E-state index in [0.717, 1.165) is 10.4 Å². The summed E-state index contributed by atoms with van der Waals surface area (Å²) in [5.41, 5.74) is 4.17. The molecule has 0 saturated heterocycles. The maximum absolute atomic E-state index is 12.4. The largest absolute Gasteiger partial charge is 0.320 e. The van der Waals surface area contributed by atoms with Gasteiger partial charge in [0.25, 0.3) is 11.8 Å². The molecule has 0 spiro atoms. The van der Waals surface area contributed by atoms with Crippen molar-refractivity contribution in [3.63, 3.8) is 0 Å². The van der Waals surface area contributed by atoms with Gasteiger partial charge in [0.2, 0.25) is 0 Å². The summed E-state index contributed by atoms with van der Waals surface area (Å²) < 4.78 is 0. The number of carbonyl (C=O) groups excluding carboxylic acids is 2. The molecule has 25 heavy (non-hydrogen) atoms. The summed E-state index contributed by atoms with van der Waals surface area (Å²) in [5, 5.41) is 10.6.